The van der Waals surface area contributed by atoms with Crippen molar-refractivity contribution in [2.45, 2.75) is 11.8 Å². The van der Waals surface area contributed by atoms with Gasteiger partial charge < -0.3 is 0 Å². The minimum Gasteiger partial charge on any atom is -0.277 e. The number of sulfonamides is 1. The number of benzene rings is 2. The summed E-state index contributed by atoms with van der Waals surface area (Å²) in [7, 11) is -4.08. The van der Waals surface area contributed by atoms with Crippen LogP contribution in [0.25, 0.3) is 0 Å². The molecule has 7 heteroatoms. The summed E-state index contributed by atoms with van der Waals surface area (Å²) >= 11 is 0. The van der Waals surface area contributed by atoms with Crippen molar-refractivity contribution < 1.29 is 21.6 Å². The molecule has 0 saturated carbocycles. The molecule has 0 spiro atoms. The van der Waals surface area contributed by atoms with Crippen LogP contribution in [0.5, 0.6) is 0 Å². The molecule has 0 unspecified atom stereocenters. The van der Waals surface area contributed by atoms with Crippen LogP contribution >= 0.6 is 0 Å². The third-order valence-corrected chi connectivity index (χ3v) is 4.13. The first-order valence-electron chi connectivity index (χ1n) is 5.53. The van der Waals surface area contributed by atoms with Crippen LogP contribution < -0.4 is 4.72 Å². The normalized spacial score (nSPS) is 11.4. The van der Waals surface area contributed by atoms with Crippen molar-refractivity contribution in [3.63, 3.8) is 0 Å². The van der Waals surface area contributed by atoms with E-state index in [-0.39, 0.29) is 16.1 Å². The van der Waals surface area contributed by atoms with Crippen LogP contribution in [0.15, 0.2) is 41.3 Å². The third-order valence-electron chi connectivity index (χ3n) is 2.60. The Balaban J connectivity index is 2.41. The van der Waals surface area contributed by atoms with Crippen LogP contribution in [-0.2, 0) is 10.0 Å². The Morgan fingerprint density at radius 3 is 2.15 bits per heavy atom. The minimum atomic E-state index is -4.08. The van der Waals surface area contributed by atoms with Crippen LogP contribution in [-0.4, -0.2) is 8.42 Å². The number of hydrogen-bond acceptors (Lipinski definition) is 2. The molecule has 0 radical (unpaired) electrons. The average Bonchev–Trinajstić information content (AvgIpc) is 2.32. The van der Waals surface area contributed by atoms with E-state index in [9.17, 15) is 21.6 Å². The molecule has 2 aromatic carbocycles. The van der Waals surface area contributed by atoms with E-state index in [0.29, 0.717) is 6.07 Å². The van der Waals surface area contributed by atoms with E-state index < -0.39 is 27.5 Å². The van der Waals surface area contributed by atoms with Gasteiger partial charge in [-0.1, -0.05) is 0 Å². The van der Waals surface area contributed by atoms with Gasteiger partial charge in [0.1, 0.15) is 17.5 Å². The molecule has 1 N–H and O–H groups in total. The van der Waals surface area contributed by atoms with Gasteiger partial charge in [0.15, 0.2) is 0 Å². The van der Waals surface area contributed by atoms with Crippen LogP contribution in [0.1, 0.15) is 5.56 Å². The van der Waals surface area contributed by atoms with E-state index in [4.69, 9.17) is 0 Å². The average molecular weight is 301 g/mol. The molecular formula is C13H10F3NO2S. The molecule has 0 fully saturated rings. The molecule has 0 aliphatic carbocycles. The fourth-order valence-corrected chi connectivity index (χ4v) is 2.98. The molecule has 3 nitrogen and oxygen atoms in total. The van der Waals surface area contributed by atoms with Gasteiger partial charge in [-0.2, -0.15) is 0 Å². The first-order valence-corrected chi connectivity index (χ1v) is 7.02. The van der Waals surface area contributed by atoms with Crippen LogP contribution in [0.3, 0.4) is 0 Å². The summed E-state index contributed by atoms with van der Waals surface area (Å²) in [5, 5.41) is 0. The summed E-state index contributed by atoms with van der Waals surface area (Å²) in [4.78, 5) is -0.178. The van der Waals surface area contributed by atoms with E-state index in [0.717, 1.165) is 30.3 Å². The van der Waals surface area contributed by atoms with Gasteiger partial charge >= 0.3 is 0 Å². The molecule has 0 atom stereocenters. The molecular weight excluding hydrogens is 291 g/mol. The van der Waals surface area contributed by atoms with Crippen molar-refractivity contribution in [3.05, 3.63) is 59.4 Å². The zero-order chi connectivity index (χ0) is 14.9. The maximum absolute atomic E-state index is 13.4. The van der Waals surface area contributed by atoms with E-state index in [2.05, 4.69) is 0 Å². The maximum atomic E-state index is 13.4. The van der Waals surface area contributed by atoms with Gasteiger partial charge in [0.05, 0.1) is 10.6 Å². The maximum Gasteiger partial charge on any atom is 0.262 e. The topological polar surface area (TPSA) is 46.2 Å². The lowest BCUT2D eigenvalue weighted by molar-refractivity contribution is 0.582. The molecule has 0 aromatic heterocycles. The van der Waals surface area contributed by atoms with E-state index in [1.165, 1.54) is 6.92 Å². The number of hydrogen-bond donors (Lipinski definition) is 1. The molecule has 0 saturated heterocycles. The van der Waals surface area contributed by atoms with Gasteiger partial charge in [0.2, 0.25) is 0 Å². The number of rotatable bonds is 3. The fourth-order valence-electron chi connectivity index (χ4n) is 1.69. The van der Waals surface area contributed by atoms with Gasteiger partial charge in [-0.05, 0) is 42.8 Å². The predicted molar refractivity (Wildman–Crippen MR) is 68.3 cm³/mol. The van der Waals surface area contributed by atoms with Crippen LogP contribution in [0.2, 0.25) is 0 Å². The summed E-state index contributed by atoms with van der Waals surface area (Å²) in [6, 6.07) is 5.58. The van der Waals surface area contributed by atoms with Crippen LogP contribution in [0, 0.1) is 24.4 Å². The molecule has 0 heterocycles. The highest BCUT2D eigenvalue weighted by molar-refractivity contribution is 7.92. The van der Waals surface area contributed by atoms with Gasteiger partial charge in [-0.3, -0.25) is 4.72 Å². The SMILES string of the molecule is Cc1cc(F)ccc1S(=O)(=O)Nc1ccc(F)cc1F. The fraction of sp³-hybridized carbons (Fsp3) is 0.0769. The highest BCUT2D eigenvalue weighted by Crippen LogP contribution is 2.22. The number of anilines is 1. The molecule has 20 heavy (non-hydrogen) atoms. The van der Waals surface area contributed by atoms with Crippen LogP contribution in [0.4, 0.5) is 18.9 Å². The third kappa shape index (κ3) is 2.93. The summed E-state index contributed by atoms with van der Waals surface area (Å²) in [6.07, 6.45) is 0. The van der Waals surface area contributed by atoms with Crippen molar-refractivity contribution in [2.75, 3.05) is 4.72 Å². The molecule has 0 bridgehead atoms. The standard InChI is InChI=1S/C13H10F3NO2S/c1-8-6-9(14)3-5-13(8)20(18,19)17-12-4-2-10(15)7-11(12)16/h2-7,17H,1H3. The quantitative estimate of drug-likeness (QED) is 0.946. The highest BCUT2D eigenvalue weighted by Gasteiger charge is 2.19. The number of halogens is 3. The Bertz CT molecular complexity index is 760. The molecule has 2 aromatic rings. The molecule has 106 valence electrons. The van der Waals surface area contributed by atoms with E-state index in [1.807, 2.05) is 4.72 Å². The van der Waals surface area contributed by atoms with Crippen molar-refractivity contribution >= 4 is 15.7 Å². The second kappa shape index (κ2) is 5.16. The summed E-state index contributed by atoms with van der Waals surface area (Å²) in [6.45, 7) is 1.42. The predicted octanol–water partition coefficient (Wildman–Crippen LogP) is 3.21. The Morgan fingerprint density at radius 1 is 0.950 bits per heavy atom. The van der Waals surface area contributed by atoms with E-state index in [1.54, 1.807) is 0 Å². The largest absolute Gasteiger partial charge is 0.277 e. The Labute approximate surface area is 114 Å². The minimum absolute atomic E-state index is 0.178. The number of aryl methyl sites for hydroxylation is 1. The second-order valence-electron chi connectivity index (χ2n) is 4.14. The smallest absolute Gasteiger partial charge is 0.262 e. The number of nitrogens with one attached hydrogen (secondary N) is 1. The zero-order valence-electron chi connectivity index (χ0n) is 10.3. The Hall–Kier alpha value is -2.02. The van der Waals surface area contributed by atoms with E-state index >= 15 is 0 Å². The van der Waals surface area contributed by atoms with Gasteiger partial charge in [-0.25, -0.2) is 21.6 Å². The molecule has 0 aliphatic heterocycles. The first kappa shape index (κ1) is 14.4. The summed E-state index contributed by atoms with van der Waals surface area (Å²) in [5.41, 5.74) is -0.199. The lowest BCUT2D eigenvalue weighted by Crippen LogP contribution is -2.15. The lowest BCUT2D eigenvalue weighted by atomic mass is 10.2. The monoisotopic (exact) mass is 301 g/mol. The highest BCUT2D eigenvalue weighted by atomic mass is 32.2. The molecule has 2 rings (SSSR count). The lowest BCUT2D eigenvalue weighted by Gasteiger charge is -2.11. The Morgan fingerprint density at radius 2 is 1.55 bits per heavy atom. The van der Waals surface area contributed by atoms with Crippen molar-refractivity contribution in [2.24, 2.45) is 0 Å². The second-order valence-corrected chi connectivity index (χ2v) is 5.79. The molecule has 0 aliphatic rings. The van der Waals surface area contributed by atoms with Gasteiger partial charge in [-0.15, -0.1) is 0 Å². The van der Waals surface area contributed by atoms with Gasteiger partial charge in [0.25, 0.3) is 10.0 Å². The first-order chi connectivity index (χ1) is 9.29. The Kier molecular flexibility index (Phi) is 3.71. The van der Waals surface area contributed by atoms with Crippen molar-refractivity contribution in [1.29, 1.82) is 0 Å². The van der Waals surface area contributed by atoms with Crippen molar-refractivity contribution in [3.8, 4) is 0 Å². The van der Waals surface area contributed by atoms with Crippen molar-refractivity contribution in [1.82, 2.24) is 0 Å². The van der Waals surface area contributed by atoms with Gasteiger partial charge in [0, 0.05) is 6.07 Å². The summed E-state index contributed by atoms with van der Waals surface area (Å²) in [5.74, 6) is -2.42. The molecule has 0 amide bonds. The zero-order valence-corrected chi connectivity index (χ0v) is 11.1. The summed E-state index contributed by atoms with van der Waals surface area (Å²) < 4.78 is 65.3.